The fourth-order valence-corrected chi connectivity index (χ4v) is 11.0. The van der Waals surface area contributed by atoms with Gasteiger partial charge < -0.3 is 9.11 Å². The molecule has 0 amide bonds. The summed E-state index contributed by atoms with van der Waals surface area (Å²) in [5.74, 6) is 0. The van der Waals surface area contributed by atoms with E-state index in [4.69, 9.17) is 0 Å². The number of hydrogen-bond acceptors (Lipinski definition) is 6. The molecule has 2 atom stereocenters. The van der Waals surface area contributed by atoms with Crippen molar-refractivity contribution >= 4 is 80.2 Å². The van der Waals surface area contributed by atoms with Gasteiger partial charge in [-0.3, -0.25) is 0 Å². The molecule has 8 aromatic rings. The van der Waals surface area contributed by atoms with Crippen LogP contribution < -0.4 is 80.3 Å². The number of fused-ring (bicyclic) bond motifs is 2. The van der Waals surface area contributed by atoms with Gasteiger partial charge >= 0.3 is 59.1 Å². The minimum Gasteiger partial charge on any atom is -0.744 e. The fraction of sp³-hybridized carbons (Fsp3) is 0.120. The molecule has 8 rings (SSSR count). The maximum absolute atomic E-state index is 11.3. The van der Waals surface area contributed by atoms with E-state index in [1.54, 1.807) is 24.3 Å². The van der Waals surface area contributed by atoms with Crippen molar-refractivity contribution < 1.29 is 85.1 Å². The first-order chi connectivity index (χ1) is 29.0. The van der Waals surface area contributed by atoms with Gasteiger partial charge in [0.15, 0.2) is 0 Å². The summed E-state index contributed by atoms with van der Waals surface area (Å²) in [4.78, 5) is -0.391. The number of hydrogen-bond donors (Lipinski definition) is 0. The van der Waals surface area contributed by atoms with Gasteiger partial charge in [0.2, 0.25) is 0 Å². The Hall–Kier alpha value is -3.04. The molecule has 0 spiro atoms. The smallest absolute Gasteiger partial charge is 0.744 e. The number of benzene rings is 8. The maximum Gasteiger partial charge on any atom is 1.00 e. The Labute approximate surface area is 412 Å². The van der Waals surface area contributed by atoms with Gasteiger partial charge in [-0.25, -0.2) is 16.8 Å². The SMILES string of the molecule is O=S(=O)([O-])c1ccc(CCCc2ccc(Pc3cc(-c4c(Pc5ccc(CCCc6ccc(S(=O)(=O)[O-])cc6)cc5)ccc5ccccc45)c4ccccc4c3)cc2)cc1.[Na+].[Na+]. The van der Waals surface area contributed by atoms with Crippen LogP contribution in [0.5, 0.6) is 0 Å². The first-order valence-electron chi connectivity index (χ1n) is 19.8. The Morgan fingerprint density at radius 3 is 1.31 bits per heavy atom. The Morgan fingerprint density at radius 1 is 0.403 bits per heavy atom. The van der Waals surface area contributed by atoms with Crippen molar-refractivity contribution in [2.24, 2.45) is 0 Å². The number of aryl methyl sites for hydroxylation is 4. The van der Waals surface area contributed by atoms with Gasteiger partial charge in [0.05, 0.1) is 9.79 Å². The van der Waals surface area contributed by atoms with Crippen molar-refractivity contribution in [2.45, 2.75) is 48.3 Å². The quantitative estimate of drug-likeness (QED) is 0.0889. The summed E-state index contributed by atoms with van der Waals surface area (Å²) in [6, 6.07) is 56.8. The Bertz CT molecular complexity index is 3020. The molecule has 0 radical (unpaired) electrons. The van der Waals surface area contributed by atoms with Crippen LogP contribution in [0.1, 0.15) is 35.1 Å². The Kier molecular flexibility index (Phi) is 17.0. The normalized spacial score (nSPS) is 12.0. The predicted molar refractivity (Wildman–Crippen MR) is 248 cm³/mol. The van der Waals surface area contributed by atoms with E-state index in [0.29, 0.717) is 17.2 Å². The zero-order valence-electron chi connectivity index (χ0n) is 34.7. The second kappa shape index (κ2) is 21.8. The summed E-state index contributed by atoms with van der Waals surface area (Å²) in [6.45, 7) is 0. The summed E-state index contributed by atoms with van der Waals surface area (Å²) in [5, 5.41) is 9.99. The van der Waals surface area contributed by atoms with Crippen LogP contribution in [0, 0.1) is 0 Å². The molecule has 0 aliphatic carbocycles. The van der Waals surface area contributed by atoms with Crippen molar-refractivity contribution in [3.8, 4) is 11.1 Å². The zero-order chi connectivity index (χ0) is 41.7. The topological polar surface area (TPSA) is 114 Å². The summed E-state index contributed by atoms with van der Waals surface area (Å²) in [5.41, 5.74) is 7.03. The molecule has 0 aliphatic heterocycles. The molecule has 2 unspecified atom stereocenters. The van der Waals surface area contributed by atoms with Crippen molar-refractivity contribution in [3.63, 3.8) is 0 Å². The van der Waals surface area contributed by atoms with Crippen molar-refractivity contribution in [3.05, 3.63) is 192 Å². The maximum atomic E-state index is 11.3. The third kappa shape index (κ3) is 12.4. The van der Waals surface area contributed by atoms with Crippen LogP contribution in [-0.4, -0.2) is 25.9 Å². The monoisotopic (exact) mass is 910 g/mol. The molecule has 8 aromatic carbocycles. The van der Waals surface area contributed by atoms with Crippen LogP contribution in [0.25, 0.3) is 32.7 Å². The van der Waals surface area contributed by atoms with Gasteiger partial charge in [0, 0.05) is 0 Å². The molecule has 0 bridgehead atoms. The average molecular weight is 911 g/mol. The van der Waals surface area contributed by atoms with Crippen LogP contribution in [0.3, 0.4) is 0 Å². The van der Waals surface area contributed by atoms with E-state index in [1.807, 2.05) is 0 Å². The van der Waals surface area contributed by atoms with Crippen molar-refractivity contribution in [1.82, 2.24) is 0 Å². The second-order valence-corrected chi connectivity index (χ2v) is 20.5. The molecule has 62 heavy (non-hydrogen) atoms. The summed E-state index contributed by atoms with van der Waals surface area (Å²) in [6.07, 6.45) is 5.21. The van der Waals surface area contributed by atoms with E-state index in [1.165, 1.54) is 89.3 Å². The largest absolute Gasteiger partial charge is 1.00 e. The van der Waals surface area contributed by atoms with Crippen LogP contribution in [-0.2, 0) is 45.9 Å². The molecule has 0 N–H and O–H groups in total. The molecule has 0 heterocycles. The van der Waals surface area contributed by atoms with Gasteiger partial charge in [-0.15, -0.1) is 0 Å². The van der Waals surface area contributed by atoms with Crippen LogP contribution >= 0.6 is 17.2 Å². The van der Waals surface area contributed by atoms with Crippen molar-refractivity contribution in [1.29, 1.82) is 0 Å². The third-order valence-corrected chi connectivity index (χ3v) is 15.0. The summed E-state index contributed by atoms with van der Waals surface area (Å²) >= 11 is 0. The third-order valence-electron chi connectivity index (χ3n) is 10.8. The first kappa shape index (κ1) is 48.4. The first-order valence-corrected chi connectivity index (χ1v) is 24.6. The molecule has 302 valence electrons. The minimum atomic E-state index is -4.44. The van der Waals surface area contributed by atoms with Gasteiger partial charge in [0.25, 0.3) is 0 Å². The molecule has 0 fully saturated rings. The van der Waals surface area contributed by atoms with E-state index in [9.17, 15) is 25.9 Å². The standard InChI is InChI=1S/C50H44O6P2S2.2Na/c51-59(52,53)44-28-19-37(20-29-44)9-5-7-35-15-24-41(25-16-35)57-43-33-40-12-2-3-13-46(40)48(34-43)50-47-14-4-1-11-39(47)23-32-49(50)58-42-26-17-36(18-27-42)8-6-10-38-21-30-45(31-22-38)60(54,55)56;;/h1-4,11-34,57-58H,5-10H2,(H,51,52,53)(H,54,55,56);;/q;2*+1/p-2. The molecule has 12 heteroatoms. The molecular weight excluding hydrogens is 869 g/mol. The fourth-order valence-electron chi connectivity index (χ4n) is 7.73. The van der Waals surface area contributed by atoms with Gasteiger partial charge in [0.1, 0.15) is 20.2 Å². The van der Waals surface area contributed by atoms with E-state index < -0.39 is 20.2 Å². The average Bonchev–Trinajstić information content (AvgIpc) is 3.24. The van der Waals surface area contributed by atoms with Gasteiger partial charge in [-0.2, -0.15) is 0 Å². The molecule has 0 aliphatic rings. The van der Waals surface area contributed by atoms with Gasteiger partial charge in [-0.1, -0.05) is 151 Å². The Balaban J connectivity index is 0.00000321. The molecule has 6 nitrogen and oxygen atoms in total. The number of rotatable bonds is 15. The molecule has 0 saturated heterocycles. The van der Waals surface area contributed by atoms with Crippen molar-refractivity contribution in [2.75, 3.05) is 0 Å². The molecular formula is C50H42Na2O6P2S2. The van der Waals surface area contributed by atoms with Crippen LogP contribution in [0.4, 0.5) is 0 Å². The van der Waals surface area contributed by atoms with E-state index >= 15 is 0 Å². The Morgan fingerprint density at radius 2 is 0.823 bits per heavy atom. The van der Waals surface area contributed by atoms with E-state index in [-0.39, 0.29) is 68.9 Å². The van der Waals surface area contributed by atoms with Gasteiger partial charge in [-0.05, 0) is 151 Å². The zero-order valence-corrected chi connectivity index (χ0v) is 42.3. The van der Waals surface area contributed by atoms with E-state index in [0.717, 1.165) is 49.7 Å². The molecule has 0 aromatic heterocycles. The summed E-state index contributed by atoms with van der Waals surface area (Å²) in [7, 11) is -7.95. The van der Waals surface area contributed by atoms with Crippen LogP contribution in [0.15, 0.2) is 180 Å². The van der Waals surface area contributed by atoms with Crippen LogP contribution in [0.2, 0.25) is 0 Å². The predicted octanol–water partition coefficient (Wildman–Crippen LogP) is 3.09. The molecule has 0 saturated carbocycles. The minimum absolute atomic E-state index is 0. The summed E-state index contributed by atoms with van der Waals surface area (Å²) < 4.78 is 67.6. The van der Waals surface area contributed by atoms with E-state index in [2.05, 4.69) is 121 Å². The second-order valence-electron chi connectivity index (χ2n) is 15.0.